The molecule has 0 aromatic heterocycles. The molecule has 0 fully saturated rings. The van der Waals surface area contributed by atoms with E-state index < -0.39 is 0 Å². The Bertz CT molecular complexity index is 408. The van der Waals surface area contributed by atoms with Crippen LogP contribution in [0, 0.1) is 0 Å². The monoisotopic (exact) mass is 317 g/mol. The predicted molar refractivity (Wildman–Crippen MR) is 75.6 cm³/mol. The fourth-order valence-electron chi connectivity index (χ4n) is 1.69. The van der Waals surface area contributed by atoms with Gasteiger partial charge in [0.05, 0.1) is 5.56 Å². The molecule has 1 rings (SSSR count). The molecule has 0 aliphatic carbocycles. The van der Waals surface area contributed by atoms with Gasteiger partial charge in [-0.3, -0.25) is 4.79 Å². The van der Waals surface area contributed by atoms with Gasteiger partial charge in [0.15, 0.2) is 0 Å². The first-order valence-electron chi connectivity index (χ1n) is 5.77. The Morgan fingerprint density at radius 3 is 2.65 bits per heavy atom. The van der Waals surface area contributed by atoms with E-state index in [2.05, 4.69) is 29.8 Å². The molecule has 17 heavy (non-hydrogen) atoms. The summed E-state index contributed by atoms with van der Waals surface area (Å²) in [7, 11) is 0. The smallest absolute Gasteiger partial charge is 0.255 e. The van der Waals surface area contributed by atoms with E-state index in [1.165, 1.54) is 0 Å². The Morgan fingerprint density at radius 2 is 2.12 bits per heavy atom. The minimum Gasteiger partial charge on any atom is -0.336 e. The van der Waals surface area contributed by atoms with E-state index in [1.807, 2.05) is 11.8 Å². The minimum atomic E-state index is 0.0243. The fraction of sp³-hybridized carbons (Fsp3) is 0.462. The van der Waals surface area contributed by atoms with Gasteiger partial charge in [0.25, 0.3) is 5.91 Å². The lowest BCUT2D eigenvalue weighted by Crippen LogP contribution is -2.38. The molecule has 4 heteroatoms. The largest absolute Gasteiger partial charge is 0.336 e. The number of carbonyl (C=O) groups is 1. The normalized spacial score (nSPS) is 12.3. The van der Waals surface area contributed by atoms with Gasteiger partial charge in [0.2, 0.25) is 0 Å². The summed E-state index contributed by atoms with van der Waals surface area (Å²) in [6, 6.07) is 5.51. The summed E-state index contributed by atoms with van der Waals surface area (Å²) in [5.74, 6) is 0.0243. The summed E-state index contributed by atoms with van der Waals surface area (Å²) in [5.41, 5.74) is 0.625. The Labute approximate surface area is 116 Å². The summed E-state index contributed by atoms with van der Waals surface area (Å²) in [6.45, 7) is 6.82. The maximum Gasteiger partial charge on any atom is 0.255 e. The maximum atomic E-state index is 12.4. The second-order valence-electron chi connectivity index (χ2n) is 3.97. The van der Waals surface area contributed by atoms with Gasteiger partial charge in [-0.2, -0.15) is 0 Å². The third kappa shape index (κ3) is 3.46. The third-order valence-corrected chi connectivity index (χ3v) is 3.81. The molecule has 0 N–H and O–H groups in total. The predicted octanol–water partition coefficient (Wildman–Crippen LogP) is 4.36. The van der Waals surface area contributed by atoms with Crippen LogP contribution >= 0.6 is 27.5 Å². The lowest BCUT2D eigenvalue weighted by Gasteiger charge is -2.27. The van der Waals surface area contributed by atoms with Crippen LogP contribution in [0.1, 0.15) is 37.6 Å². The first kappa shape index (κ1) is 14.5. The van der Waals surface area contributed by atoms with E-state index in [-0.39, 0.29) is 11.9 Å². The van der Waals surface area contributed by atoms with Crippen molar-refractivity contribution in [3.05, 3.63) is 33.3 Å². The van der Waals surface area contributed by atoms with Crippen LogP contribution in [0.5, 0.6) is 0 Å². The Kier molecular flexibility index (Phi) is 5.47. The SMILES string of the molecule is CCC(C)N(CC)C(=O)c1cc(Cl)ccc1Br. The van der Waals surface area contributed by atoms with Crippen LogP contribution in [-0.2, 0) is 0 Å². The summed E-state index contributed by atoms with van der Waals surface area (Å²) in [6.07, 6.45) is 0.942. The zero-order valence-electron chi connectivity index (χ0n) is 10.3. The van der Waals surface area contributed by atoms with Crippen LogP contribution in [0.3, 0.4) is 0 Å². The molecule has 1 aromatic rings. The van der Waals surface area contributed by atoms with Crippen molar-refractivity contribution in [1.82, 2.24) is 4.90 Å². The van der Waals surface area contributed by atoms with E-state index in [4.69, 9.17) is 11.6 Å². The molecular formula is C13H17BrClNO. The molecule has 0 aliphatic rings. The zero-order valence-corrected chi connectivity index (χ0v) is 12.7. The number of benzene rings is 1. The first-order valence-corrected chi connectivity index (χ1v) is 6.94. The molecule has 1 atom stereocenters. The second-order valence-corrected chi connectivity index (χ2v) is 5.26. The highest BCUT2D eigenvalue weighted by Crippen LogP contribution is 2.23. The highest BCUT2D eigenvalue weighted by molar-refractivity contribution is 9.10. The molecule has 0 heterocycles. The van der Waals surface area contributed by atoms with Gasteiger partial charge in [-0.1, -0.05) is 18.5 Å². The van der Waals surface area contributed by atoms with Gasteiger partial charge in [-0.15, -0.1) is 0 Å². The molecule has 0 saturated carbocycles. The van der Waals surface area contributed by atoms with Gasteiger partial charge in [-0.05, 0) is 54.4 Å². The van der Waals surface area contributed by atoms with Crippen molar-refractivity contribution in [2.75, 3.05) is 6.54 Å². The minimum absolute atomic E-state index is 0.0243. The van der Waals surface area contributed by atoms with Crippen molar-refractivity contribution >= 4 is 33.4 Å². The standard InChI is InChI=1S/C13H17BrClNO/c1-4-9(3)16(5-2)13(17)11-8-10(15)6-7-12(11)14/h6-9H,4-5H2,1-3H3. The lowest BCUT2D eigenvalue weighted by atomic mass is 10.1. The lowest BCUT2D eigenvalue weighted by molar-refractivity contribution is 0.0699. The van der Waals surface area contributed by atoms with Crippen LogP contribution < -0.4 is 0 Å². The Balaban J connectivity index is 3.05. The van der Waals surface area contributed by atoms with Crippen LogP contribution in [0.25, 0.3) is 0 Å². The molecule has 94 valence electrons. The third-order valence-electron chi connectivity index (χ3n) is 2.88. The summed E-state index contributed by atoms with van der Waals surface area (Å²) in [4.78, 5) is 14.2. The van der Waals surface area contributed by atoms with E-state index in [0.29, 0.717) is 17.1 Å². The van der Waals surface area contributed by atoms with Crippen LogP contribution in [0.2, 0.25) is 5.02 Å². The number of amides is 1. The molecule has 2 nitrogen and oxygen atoms in total. The number of nitrogens with zero attached hydrogens (tertiary/aromatic N) is 1. The van der Waals surface area contributed by atoms with Crippen LogP contribution in [-0.4, -0.2) is 23.4 Å². The molecular weight excluding hydrogens is 302 g/mol. The van der Waals surface area contributed by atoms with Crippen LogP contribution in [0.4, 0.5) is 0 Å². The maximum absolute atomic E-state index is 12.4. The van der Waals surface area contributed by atoms with Gasteiger partial charge in [0, 0.05) is 22.1 Å². The summed E-state index contributed by atoms with van der Waals surface area (Å²) >= 11 is 9.32. The molecule has 1 aromatic carbocycles. The van der Waals surface area contributed by atoms with Crippen molar-refractivity contribution in [3.63, 3.8) is 0 Å². The average Bonchev–Trinajstić information content (AvgIpc) is 2.32. The number of hydrogen-bond acceptors (Lipinski definition) is 1. The Hall–Kier alpha value is -0.540. The second kappa shape index (κ2) is 6.41. The fourth-order valence-corrected chi connectivity index (χ4v) is 2.28. The van der Waals surface area contributed by atoms with E-state index in [1.54, 1.807) is 18.2 Å². The molecule has 1 amide bonds. The first-order chi connectivity index (χ1) is 8.01. The van der Waals surface area contributed by atoms with E-state index >= 15 is 0 Å². The molecule has 0 saturated heterocycles. The number of halogens is 2. The zero-order chi connectivity index (χ0) is 13.0. The average molecular weight is 319 g/mol. The van der Waals surface area contributed by atoms with Gasteiger partial charge < -0.3 is 4.90 Å². The van der Waals surface area contributed by atoms with Crippen molar-refractivity contribution in [3.8, 4) is 0 Å². The molecule has 0 aliphatic heterocycles. The summed E-state index contributed by atoms with van der Waals surface area (Å²) in [5, 5.41) is 0.580. The van der Waals surface area contributed by atoms with E-state index in [0.717, 1.165) is 10.9 Å². The molecule has 0 radical (unpaired) electrons. The van der Waals surface area contributed by atoms with Crippen molar-refractivity contribution in [1.29, 1.82) is 0 Å². The highest BCUT2D eigenvalue weighted by atomic mass is 79.9. The Morgan fingerprint density at radius 1 is 1.47 bits per heavy atom. The highest BCUT2D eigenvalue weighted by Gasteiger charge is 2.20. The quantitative estimate of drug-likeness (QED) is 0.807. The molecule has 0 bridgehead atoms. The number of carbonyl (C=O) groups excluding carboxylic acids is 1. The molecule has 0 spiro atoms. The number of rotatable bonds is 4. The van der Waals surface area contributed by atoms with Crippen molar-refractivity contribution in [2.45, 2.75) is 33.2 Å². The van der Waals surface area contributed by atoms with Gasteiger partial charge in [-0.25, -0.2) is 0 Å². The van der Waals surface area contributed by atoms with Gasteiger partial charge in [0.1, 0.15) is 0 Å². The topological polar surface area (TPSA) is 20.3 Å². The molecule has 1 unspecified atom stereocenters. The van der Waals surface area contributed by atoms with Crippen molar-refractivity contribution < 1.29 is 4.79 Å². The van der Waals surface area contributed by atoms with Crippen LogP contribution in [0.15, 0.2) is 22.7 Å². The number of hydrogen-bond donors (Lipinski definition) is 0. The van der Waals surface area contributed by atoms with Gasteiger partial charge >= 0.3 is 0 Å². The summed E-state index contributed by atoms with van der Waals surface area (Å²) < 4.78 is 0.786. The van der Waals surface area contributed by atoms with E-state index in [9.17, 15) is 4.79 Å². The van der Waals surface area contributed by atoms with Crippen molar-refractivity contribution in [2.24, 2.45) is 0 Å².